The molecule has 1 heterocycles. The van der Waals surface area contributed by atoms with E-state index in [1.807, 2.05) is 13.8 Å². The summed E-state index contributed by atoms with van der Waals surface area (Å²) < 4.78 is 24.3. The van der Waals surface area contributed by atoms with Crippen LogP contribution in [-0.2, 0) is 6.42 Å². The minimum atomic E-state index is -2.41. The fourth-order valence-corrected chi connectivity index (χ4v) is 2.68. The van der Waals surface area contributed by atoms with Crippen LogP contribution in [0.3, 0.4) is 0 Å². The Bertz CT molecular complexity index is 404. The maximum Gasteiger partial charge on any atom is 0.257 e. The second-order valence-electron chi connectivity index (χ2n) is 4.37. The summed E-state index contributed by atoms with van der Waals surface area (Å²) in [6, 6.07) is 4.33. The lowest BCUT2D eigenvalue weighted by Crippen LogP contribution is -2.43. The Labute approximate surface area is 117 Å². The van der Waals surface area contributed by atoms with Crippen molar-refractivity contribution in [3.05, 3.63) is 21.9 Å². The molecule has 0 aliphatic carbocycles. The maximum absolute atomic E-state index is 12.2. The van der Waals surface area contributed by atoms with E-state index in [0.29, 0.717) is 12.5 Å². The van der Waals surface area contributed by atoms with Gasteiger partial charge in [0.05, 0.1) is 0 Å². The van der Waals surface area contributed by atoms with Crippen molar-refractivity contribution in [2.75, 3.05) is 13.1 Å². The standard InChI is InChI=1S/C13H21F2N3S/c1-4-16-13(17-8-12(14)15)18-9(2)7-11-6-5-10(3)19-11/h5-6,9,12H,4,7-8H2,1-3H3,(H2,16,17,18). The van der Waals surface area contributed by atoms with Crippen LogP contribution >= 0.6 is 11.3 Å². The molecule has 0 aliphatic rings. The minimum absolute atomic E-state index is 0.147. The molecular formula is C13H21F2N3S. The van der Waals surface area contributed by atoms with E-state index in [4.69, 9.17) is 0 Å². The molecule has 0 amide bonds. The summed E-state index contributed by atoms with van der Waals surface area (Å²) in [6.45, 7) is 6.18. The van der Waals surface area contributed by atoms with Gasteiger partial charge in [0, 0.05) is 28.8 Å². The first-order valence-corrected chi connectivity index (χ1v) is 7.21. The van der Waals surface area contributed by atoms with Crippen molar-refractivity contribution in [3.63, 3.8) is 0 Å². The molecule has 0 aliphatic heterocycles. The van der Waals surface area contributed by atoms with Crippen LogP contribution < -0.4 is 10.6 Å². The largest absolute Gasteiger partial charge is 0.357 e. The van der Waals surface area contributed by atoms with Crippen LogP contribution in [0.15, 0.2) is 17.1 Å². The molecule has 0 fully saturated rings. The van der Waals surface area contributed by atoms with E-state index in [9.17, 15) is 8.78 Å². The van der Waals surface area contributed by atoms with Gasteiger partial charge in [-0.1, -0.05) is 0 Å². The Balaban J connectivity index is 2.50. The second kappa shape index (κ2) is 8.09. The Hall–Kier alpha value is -1.17. The quantitative estimate of drug-likeness (QED) is 0.624. The third kappa shape index (κ3) is 6.52. The number of halogens is 2. The summed E-state index contributed by atoms with van der Waals surface area (Å²) in [5.41, 5.74) is 0. The van der Waals surface area contributed by atoms with Gasteiger partial charge in [0.1, 0.15) is 6.54 Å². The van der Waals surface area contributed by atoms with Crippen molar-refractivity contribution >= 4 is 17.3 Å². The summed E-state index contributed by atoms with van der Waals surface area (Å²) in [5, 5.41) is 6.11. The Kier molecular flexibility index (Phi) is 6.77. The molecule has 1 aromatic heterocycles. The van der Waals surface area contributed by atoms with Crippen molar-refractivity contribution in [2.45, 2.75) is 39.7 Å². The molecule has 2 N–H and O–H groups in total. The smallest absolute Gasteiger partial charge is 0.257 e. The number of aliphatic imine (C=N–C) groups is 1. The van der Waals surface area contributed by atoms with E-state index < -0.39 is 13.0 Å². The first-order chi connectivity index (χ1) is 9.01. The number of guanidine groups is 1. The van der Waals surface area contributed by atoms with E-state index in [1.54, 1.807) is 11.3 Å². The zero-order valence-corrected chi connectivity index (χ0v) is 12.4. The lowest BCUT2D eigenvalue weighted by molar-refractivity contribution is 0.158. The van der Waals surface area contributed by atoms with Crippen LogP contribution in [-0.4, -0.2) is 31.5 Å². The summed E-state index contributed by atoms with van der Waals surface area (Å²) >= 11 is 1.75. The van der Waals surface area contributed by atoms with Crippen molar-refractivity contribution in [3.8, 4) is 0 Å². The number of alkyl halides is 2. The Morgan fingerprint density at radius 3 is 2.68 bits per heavy atom. The highest BCUT2D eigenvalue weighted by atomic mass is 32.1. The first-order valence-electron chi connectivity index (χ1n) is 6.39. The number of rotatable bonds is 6. The van der Waals surface area contributed by atoms with Gasteiger partial charge in [0.2, 0.25) is 0 Å². The fourth-order valence-electron chi connectivity index (χ4n) is 1.66. The molecule has 0 aromatic carbocycles. The third-order valence-electron chi connectivity index (χ3n) is 2.42. The molecule has 0 spiro atoms. The van der Waals surface area contributed by atoms with Gasteiger partial charge < -0.3 is 10.6 Å². The minimum Gasteiger partial charge on any atom is -0.357 e. The van der Waals surface area contributed by atoms with Crippen molar-refractivity contribution in [1.29, 1.82) is 0 Å². The number of hydrogen-bond acceptors (Lipinski definition) is 2. The molecule has 3 nitrogen and oxygen atoms in total. The molecule has 0 saturated carbocycles. The van der Waals surface area contributed by atoms with Gasteiger partial charge in [0.25, 0.3) is 6.43 Å². The molecule has 19 heavy (non-hydrogen) atoms. The number of hydrogen-bond donors (Lipinski definition) is 2. The highest BCUT2D eigenvalue weighted by molar-refractivity contribution is 7.11. The van der Waals surface area contributed by atoms with E-state index >= 15 is 0 Å². The van der Waals surface area contributed by atoms with Crippen LogP contribution in [0.4, 0.5) is 8.78 Å². The average molecular weight is 289 g/mol. The molecule has 108 valence electrons. The van der Waals surface area contributed by atoms with E-state index in [0.717, 1.165) is 6.42 Å². The molecule has 1 aromatic rings. The SMILES string of the molecule is CCNC(=NCC(F)F)NC(C)Cc1ccc(C)s1. The molecule has 0 bridgehead atoms. The van der Waals surface area contributed by atoms with E-state index in [-0.39, 0.29) is 6.04 Å². The van der Waals surface area contributed by atoms with Gasteiger partial charge in [-0.2, -0.15) is 0 Å². The van der Waals surface area contributed by atoms with Crippen molar-refractivity contribution < 1.29 is 8.78 Å². The van der Waals surface area contributed by atoms with Crippen molar-refractivity contribution in [2.24, 2.45) is 4.99 Å². The average Bonchev–Trinajstić information content (AvgIpc) is 2.71. The van der Waals surface area contributed by atoms with Gasteiger partial charge in [-0.25, -0.2) is 13.8 Å². The molecule has 0 saturated heterocycles. The lowest BCUT2D eigenvalue weighted by atomic mass is 10.2. The molecule has 1 unspecified atom stereocenters. The van der Waals surface area contributed by atoms with Crippen LogP contribution in [0.5, 0.6) is 0 Å². The second-order valence-corrected chi connectivity index (χ2v) is 5.75. The third-order valence-corrected chi connectivity index (χ3v) is 3.44. The van der Waals surface area contributed by atoms with E-state index in [2.05, 4.69) is 34.7 Å². The summed E-state index contributed by atoms with van der Waals surface area (Å²) in [7, 11) is 0. The van der Waals surface area contributed by atoms with Gasteiger partial charge in [-0.15, -0.1) is 11.3 Å². The molecular weight excluding hydrogens is 268 g/mol. The van der Waals surface area contributed by atoms with Gasteiger partial charge in [-0.3, -0.25) is 0 Å². The molecule has 0 radical (unpaired) electrons. The Morgan fingerprint density at radius 2 is 2.16 bits per heavy atom. The van der Waals surface area contributed by atoms with Gasteiger partial charge in [0.15, 0.2) is 5.96 Å². The predicted molar refractivity (Wildman–Crippen MR) is 77.3 cm³/mol. The zero-order chi connectivity index (χ0) is 14.3. The molecule has 6 heteroatoms. The first kappa shape index (κ1) is 15.9. The highest BCUT2D eigenvalue weighted by Gasteiger charge is 2.08. The predicted octanol–water partition coefficient (Wildman–Crippen LogP) is 2.81. The van der Waals surface area contributed by atoms with Gasteiger partial charge >= 0.3 is 0 Å². The van der Waals surface area contributed by atoms with Crippen LogP contribution in [0, 0.1) is 6.92 Å². The number of aryl methyl sites for hydroxylation is 1. The monoisotopic (exact) mass is 289 g/mol. The summed E-state index contributed by atoms with van der Waals surface area (Å²) in [6.07, 6.45) is -1.55. The number of thiophene rings is 1. The van der Waals surface area contributed by atoms with Gasteiger partial charge in [-0.05, 0) is 32.9 Å². The molecule has 1 atom stereocenters. The summed E-state index contributed by atoms with van der Waals surface area (Å²) in [5.74, 6) is 0.448. The fraction of sp³-hybridized carbons (Fsp3) is 0.615. The zero-order valence-electron chi connectivity index (χ0n) is 11.5. The van der Waals surface area contributed by atoms with E-state index in [1.165, 1.54) is 9.75 Å². The normalized spacial score (nSPS) is 13.7. The maximum atomic E-state index is 12.2. The van der Waals surface area contributed by atoms with Crippen molar-refractivity contribution in [1.82, 2.24) is 10.6 Å². The Morgan fingerprint density at radius 1 is 1.42 bits per heavy atom. The summed E-state index contributed by atoms with van der Waals surface area (Å²) in [4.78, 5) is 6.41. The van der Waals surface area contributed by atoms with Crippen LogP contribution in [0.2, 0.25) is 0 Å². The molecule has 1 rings (SSSR count). The highest BCUT2D eigenvalue weighted by Crippen LogP contribution is 2.16. The lowest BCUT2D eigenvalue weighted by Gasteiger charge is -2.17. The number of nitrogens with zero attached hydrogens (tertiary/aromatic N) is 1. The topological polar surface area (TPSA) is 36.4 Å². The number of nitrogens with one attached hydrogen (secondary N) is 2. The van der Waals surface area contributed by atoms with Crippen LogP contribution in [0.25, 0.3) is 0 Å². The van der Waals surface area contributed by atoms with Crippen LogP contribution in [0.1, 0.15) is 23.6 Å².